The van der Waals surface area contributed by atoms with Crippen LogP contribution >= 0.6 is 0 Å². The van der Waals surface area contributed by atoms with Crippen LogP contribution in [0.2, 0.25) is 0 Å². The third-order valence-electron chi connectivity index (χ3n) is 7.78. The fraction of sp³-hybridized carbons (Fsp3) is 0.464. The van der Waals surface area contributed by atoms with E-state index in [9.17, 15) is 22.7 Å². The number of likely N-dealkylation sites (tertiary alicyclic amines) is 1. The maximum absolute atomic E-state index is 15.4. The number of piperidine rings is 1. The third kappa shape index (κ3) is 5.97. The monoisotopic (exact) mass is 588 g/mol. The standard InChI is InChI=1S/C28H34F2N6O4S/c1-28(2,3)36(27(37)38)25-12-21(33-13-18-14-35(41(4,39)40)32-24(18)17-33)16-34(15-20-7-5-6-10-31-20)26(25)22-11-19(29)8-9-23(22)30/h5-11,14,21,25-26H,12-13,15-17H2,1-4H3,(H,37,38)/t21-,25+,26+/m1/s1. The van der Waals surface area contributed by atoms with Crippen LogP contribution < -0.4 is 0 Å². The van der Waals surface area contributed by atoms with Gasteiger partial charge in [0.05, 0.1) is 29.7 Å². The summed E-state index contributed by atoms with van der Waals surface area (Å²) in [7, 11) is -3.52. The van der Waals surface area contributed by atoms with Crippen molar-refractivity contribution in [3.8, 4) is 0 Å². The quantitative estimate of drug-likeness (QED) is 0.463. The molecule has 0 spiro atoms. The van der Waals surface area contributed by atoms with Crippen LogP contribution in [0.5, 0.6) is 0 Å². The van der Waals surface area contributed by atoms with E-state index in [1.54, 1.807) is 33.0 Å². The second-order valence-corrected chi connectivity index (χ2v) is 13.6. The van der Waals surface area contributed by atoms with Crippen LogP contribution in [0, 0.1) is 11.6 Å². The van der Waals surface area contributed by atoms with Gasteiger partial charge in [0, 0.05) is 61.3 Å². The minimum atomic E-state index is -3.52. The van der Waals surface area contributed by atoms with Gasteiger partial charge >= 0.3 is 6.09 Å². The molecular formula is C28H34F2N6O4S. The number of rotatable bonds is 6. The molecule has 5 rings (SSSR count). The molecule has 1 aromatic carbocycles. The molecule has 0 radical (unpaired) electrons. The van der Waals surface area contributed by atoms with Crippen LogP contribution in [0.1, 0.15) is 55.7 Å². The fourth-order valence-electron chi connectivity index (χ4n) is 6.14. The highest BCUT2D eigenvalue weighted by Crippen LogP contribution is 2.42. The lowest BCUT2D eigenvalue weighted by Gasteiger charge is -2.52. The number of hydrogen-bond donors (Lipinski definition) is 1. The zero-order valence-corrected chi connectivity index (χ0v) is 24.2. The molecule has 3 aromatic rings. The molecule has 220 valence electrons. The first kappa shape index (κ1) is 29.1. The van der Waals surface area contributed by atoms with E-state index in [1.165, 1.54) is 11.1 Å². The summed E-state index contributed by atoms with van der Waals surface area (Å²) in [6, 6.07) is 7.04. The fourth-order valence-corrected chi connectivity index (χ4v) is 6.70. The van der Waals surface area contributed by atoms with Crippen molar-refractivity contribution in [1.29, 1.82) is 0 Å². The lowest BCUT2D eigenvalue weighted by Crippen LogP contribution is -2.62. The number of benzene rings is 1. The molecule has 1 N–H and O–H groups in total. The van der Waals surface area contributed by atoms with E-state index in [2.05, 4.69) is 15.0 Å². The van der Waals surface area contributed by atoms with E-state index < -0.39 is 45.4 Å². The molecule has 0 aliphatic carbocycles. The molecule has 0 bridgehead atoms. The Hall–Kier alpha value is -3.42. The highest BCUT2D eigenvalue weighted by atomic mass is 32.2. The minimum absolute atomic E-state index is 0.0917. The van der Waals surface area contributed by atoms with E-state index >= 15 is 4.39 Å². The van der Waals surface area contributed by atoms with Crippen molar-refractivity contribution < 1.29 is 27.1 Å². The Morgan fingerprint density at radius 3 is 2.54 bits per heavy atom. The first-order chi connectivity index (χ1) is 19.2. The number of hydrogen-bond acceptors (Lipinski definition) is 7. The topological polar surface area (TPSA) is 112 Å². The van der Waals surface area contributed by atoms with Gasteiger partial charge in [-0.3, -0.25) is 19.7 Å². The average molecular weight is 589 g/mol. The summed E-state index contributed by atoms with van der Waals surface area (Å²) in [6.07, 6.45) is 3.45. The summed E-state index contributed by atoms with van der Waals surface area (Å²) in [4.78, 5) is 22.7. The Bertz CT molecular complexity index is 1520. The largest absolute Gasteiger partial charge is 0.465 e. The highest BCUT2D eigenvalue weighted by molar-refractivity contribution is 7.89. The molecule has 2 aliphatic rings. The normalized spacial score (nSPS) is 22.0. The van der Waals surface area contributed by atoms with Gasteiger partial charge in [0.15, 0.2) is 0 Å². The molecule has 1 saturated heterocycles. The molecule has 10 nitrogen and oxygen atoms in total. The van der Waals surface area contributed by atoms with Gasteiger partial charge in [-0.2, -0.15) is 9.19 Å². The lowest BCUT2D eigenvalue weighted by atomic mass is 9.84. The van der Waals surface area contributed by atoms with E-state index in [0.29, 0.717) is 37.4 Å². The summed E-state index contributed by atoms with van der Waals surface area (Å²) >= 11 is 0. The maximum Gasteiger partial charge on any atom is 0.408 e. The van der Waals surface area contributed by atoms with Crippen molar-refractivity contribution in [1.82, 2.24) is 28.9 Å². The SMILES string of the molecule is CC(C)(C)N(C(=O)O)[C@H]1C[C@@H](N2Cc3cn(S(C)(=O)=O)nc3C2)CN(Cc2ccccn2)[C@H]1c1cc(F)ccc1F. The molecule has 1 amide bonds. The van der Waals surface area contributed by atoms with Gasteiger partial charge in [0.25, 0.3) is 10.0 Å². The van der Waals surface area contributed by atoms with Crippen molar-refractivity contribution in [2.24, 2.45) is 0 Å². The molecule has 3 atom stereocenters. The zero-order valence-electron chi connectivity index (χ0n) is 23.4. The van der Waals surface area contributed by atoms with Crippen LogP contribution in [0.25, 0.3) is 0 Å². The number of aromatic nitrogens is 3. The van der Waals surface area contributed by atoms with E-state index in [0.717, 1.165) is 34.1 Å². The molecule has 4 heterocycles. The van der Waals surface area contributed by atoms with E-state index in [1.807, 2.05) is 17.0 Å². The van der Waals surface area contributed by atoms with E-state index in [4.69, 9.17) is 0 Å². The number of carboxylic acid groups (broad SMARTS) is 1. The van der Waals surface area contributed by atoms with Gasteiger partial charge in [-0.05, 0) is 57.5 Å². The number of fused-ring (bicyclic) bond motifs is 1. The van der Waals surface area contributed by atoms with Crippen molar-refractivity contribution in [2.45, 2.75) is 70.5 Å². The van der Waals surface area contributed by atoms with E-state index in [-0.39, 0.29) is 18.2 Å². The van der Waals surface area contributed by atoms with Gasteiger partial charge in [-0.25, -0.2) is 22.0 Å². The van der Waals surface area contributed by atoms with Crippen LogP contribution in [0.15, 0.2) is 48.8 Å². The van der Waals surface area contributed by atoms with Gasteiger partial charge in [-0.1, -0.05) is 6.07 Å². The van der Waals surface area contributed by atoms with Gasteiger partial charge in [0.1, 0.15) is 11.6 Å². The number of nitrogens with zero attached hydrogens (tertiary/aromatic N) is 6. The predicted octanol–water partition coefficient (Wildman–Crippen LogP) is 3.84. The number of halogens is 2. The summed E-state index contributed by atoms with van der Waals surface area (Å²) in [5, 5.41) is 14.7. The smallest absolute Gasteiger partial charge is 0.408 e. The number of carbonyl (C=O) groups is 1. The third-order valence-corrected chi connectivity index (χ3v) is 8.65. The van der Waals surface area contributed by atoms with Gasteiger partial charge in [0.2, 0.25) is 0 Å². The Labute approximate surface area is 238 Å². The molecular weight excluding hydrogens is 554 g/mol. The van der Waals surface area contributed by atoms with Crippen molar-refractivity contribution in [3.63, 3.8) is 0 Å². The van der Waals surface area contributed by atoms with Crippen molar-refractivity contribution in [2.75, 3.05) is 12.8 Å². The first-order valence-corrected chi connectivity index (χ1v) is 15.2. The Morgan fingerprint density at radius 2 is 1.93 bits per heavy atom. The minimum Gasteiger partial charge on any atom is -0.465 e. The Balaban J connectivity index is 1.57. The zero-order chi connectivity index (χ0) is 29.7. The van der Waals surface area contributed by atoms with Crippen LogP contribution in [0.3, 0.4) is 0 Å². The lowest BCUT2D eigenvalue weighted by molar-refractivity contribution is -0.0379. The summed E-state index contributed by atoms with van der Waals surface area (Å²) in [6.45, 7) is 6.87. The number of amides is 1. The summed E-state index contributed by atoms with van der Waals surface area (Å²) < 4.78 is 54.9. The average Bonchev–Trinajstić information content (AvgIpc) is 3.45. The van der Waals surface area contributed by atoms with Crippen LogP contribution in [-0.4, -0.2) is 78.9 Å². The summed E-state index contributed by atoms with van der Waals surface area (Å²) in [5.41, 5.74) is 1.38. The van der Waals surface area contributed by atoms with Crippen LogP contribution in [-0.2, 0) is 29.7 Å². The van der Waals surface area contributed by atoms with Crippen LogP contribution in [0.4, 0.5) is 13.6 Å². The molecule has 1 fully saturated rings. The van der Waals surface area contributed by atoms with Crippen molar-refractivity contribution >= 4 is 16.1 Å². The Morgan fingerprint density at radius 1 is 1.17 bits per heavy atom. The second-order valence-electron chi connectivity index (χ2n) is 11.8. The molecule has 0 unspecified atom stereocenters. The van der Waals surface area contributed by atoms with Gasteiger partial charge in [-0.15, -0.1) is 0 Å². The molecule has 2 aliphatic heterocycles. The maximum atomic E-state index is 15.4. The number of pyridine rings is 1. The predicted molar refractivity (Wildman–Crippen MR) is 147 cm³/mol. The second kappa shape index (κ2) is 10.8. The first-order valence-electron chi connectivity index (χ1n) is 13.4. The van der Waals surface area contributed by atoms with Gasteiger partial charge < -0.3 is 5.11 Å². The molecule has 2 aromatic heterocycles. The van der Waals surface area contributed by atoms with Crippen molar-refractivity contribution in [3.05, 3.63) is 82.9 Å². The Kier molecular flexibility index (Phi) is 7.64. The summed E-state index contributed by atoms with van der Waals surface area (Å²) in [5.74, 6) is -1.22. The molecule has 13 heteroatoms. The highest BCUT2D eigenvalue weighted by Gasteiger charge is 2.48. The molecule has 41 heavy (non-hydrogen) atoms. The molecule has 0 saturated carbocycles.